The fraction of sp³-hybridized carbons (Fsp3) is 0.667. The molecule has 0 aromatic carbocycles. The van der Waals surface area contributed by atoms with Crippen LogP contribution in [0.5, 0.6) is 0 Å². The highest BCUT2D eigenvalue weighted by molar-refractivity contribution is 7.73. The summed E-state index contributed by atoms with van der Waals surface area (Å²) in [6.07, 6.45) is 4.12. The topological polar surface area (TPSA) is 44.9 Å². The number of aryl methyl sites for hydroxylation is 1. The van der Waals surface area contributed by atoms with Gasteiger partial charge in [0, 0.05) is 17.1 Å². The fourth-order valence-corrected chi connectivity index (χ4v) is 3.22. The number of nitrogens with one attached hydrogen (secondary N) is 2. The minimum absolute atomic E-state index is 0.109. The molecule has 0 aliphatic heterocycles. The SMILES string of the molecule is CCC1(CNC(=O)Cc2sc(=S)[nH]c2C)CC1. The van der Waals surface area contributed by atoms with Gasteiger partial charge in [0.05, 0.1) is 6.42 Å². The van der Waals surface area contributed by atoms with E-state index in [1.807, 2.05) is 6.92 Å². The first kappa shape index (κ1) is 12.8. The third-order valence-electron chi connectivity index (χ3n) is 3.61. The van der Waals surface area contributed by atoms with E-state index in [-0.39, 0.29) is 5.91 Å². The number of carbonyl (C=O) groups is 1. The Morgan fingerprint density at radius 2 is 2.29 bits per heavy atom. The zero-order chi connectivity index (χ0) is 12.5. The summed E-state index contributed by atoms with van der Waals surface area (Å²) >= 11 is 6.55. The normalized spacial score (nSPS) is 16.8. The number of aromatic amines is 1. The Balaban J connectivity index is 1.85. The summed E-state index contributed by atoms with van der Waals surface area (Å²) < 4.78 is 0.748. The van der Waals surface area contributed by atoms with Gasteiger partial charge < -0.3 is 10.3 Å². The molecule has 17 heavy (non-hydrogen) atoms. The summed E-state index contributed by atoms with van der Waals surface area (Å²) in [6, 6.07) is 0. The first-order chi connectivity index (χ1) is 8.04. The molecule has 1 fully saturated rings. The van der Waals surface area contributed by atoms with E-state index in [9.17, 15) is 4.79 Å². The summed E-state index contributed by atoms with van der Waals surface area (Å²) in [7, 11) is 0. The molecule has 3 nitrogen and oxygen atoms in total. The van der Waals surface area contributed by atoms with Crippen LogP contribution in [-0.4, -0.2) is 17.4 Å². The van der Waals surface area contributed by atoms with Crippen molar-refractivity contribution in [2.45, 2.75) is 39.5 Å². The Labute approximate surface area is 111 Å². The summed E-state index contributed by atoms with van der Waals surface area (Å²) in [6.45, 7) is 4.99. The molecule has 1 aliphatic rings. The molecule has 0 atom stereocenters. The minimum Gasteiger partial charge on any atom is -0.355 e. The molecule has 2 rings (SSSR count). The lowest BCUT2D eigenvalue weighted by atomic mass is 10.0. The number of thiazole rings is 1. The van der Waals surface area contributed by atoms with Crippen molar-refractivity contribution in [1.29, 1.82) is 0 Å². The molecule has 1 heterocycles. The second-order valence-electron chi connectivity index (χ2n) is 4.87. The van der Waals surface area contributed by atoms with Crippen molar-refractivity contribution in [2.75, 3.05) is 6.54 Å². The second kappa shape index (κ2) is 4.90. The van der Waals surface area contributed by atoms with E-state index in [0.29, 0.717) is 11.8 Å². The summed E-state index contributed by atoms with van der Waals surface area (Å²) in [5, 5.41) is 3.04. The van der Waals surface area contributed by atoms with E-state index in [1.54, 1.807) is 0 Å². The van der Waals surface area contributed by atoms with Crippen molar-refractivity contribution in [3.05, 3.63) is 14.5 Å². The molecule has 0 saturated heterocycles. The van der Waals surface area contributed by atoms with Gasteiger partial charge in [-0.1, -0.05) is 6.92 Å². The van der Waals surface area contributed by atoms with Gasteiger partial charge in [-0.3, -0.25) is 4.79 Å². The molecular formula is C12H18N2OS2. The molecule has 1 aromatic rings. The first-order valence-corrected chi connectivity index (χ1v) is 7.22. The highest BCUT2D eigenvalue weighted by Crippen LogP contribution is 2.47. The van der Waals surface area contributed by atoms with Gasteiger partial charge in [0.15, 0.2) is 3.95 Å². The lowest BCUT2D eigenvalue weighted by Crippen LogP contribution is -2.31. The van der Waals surface area contributed by atoms with Gasteiger partial charge in [0.25, 0.3) is 0 Å². The third kappa shape index (κ3) is 3.16. The Morgan fingerprint density at radius 3 is 2.76 bits per heavy atom. The average Bonchev–Trinajstić information content (AvgIpc) is 2.99. The molecule has 1 amide bonds. The highest BCUT2D eigenvalue weighted by atomic mass is 32.1. The summed E-state index contributed by atoms with van der Waals surface area (Å²) in [4.78, 5) is 15.9. The zero-order valence-electron chi connectivity index (χ0n) is 10.3. The number of aromatic nitrogens is 1. The van der Waals surface area contributed by atoms with Crippen molar-refractivity contribution in [3.8, 4) is 0 Å². The second-order valence-corrected chi connectivity index (χ2v) is 6.64. The quantitative estimate of drug-likeness (QED) is 0.808. The van der Waals surface area contributed by atoms with Crippen LogP contribution in [0.4, 0.5) is 0 Å². The Morgan fingerprint density at radius 1 is 1.59 bits per heavy atom. The maximum absolute atomic E-state index is 11.8. The van der Waals surface area contributed by atoms with Crippen LogP contribution in [0.1, 0.15) is 36.8 Å². The summed E-state index contributed by atoms with van der Waals surface area (Å²) in [5.74, 6) is 0.109. The maximum Gasteiger partial charge on any atom is 0.225 e. The molecule has 1 saturated carbocycles. The lowest BCUT2D eigenvalue weighted by molar-refractivity contribution is -0.120. The van der Waals surface area contributed by atoms with Crippen LogP contribution in [0.15, 0.2) is 0 Å². The molecular weight excluding hydrogens is 252 g/mol. The predicted octanol–water partition coefficient (Wildman–Crippen LogP) is 2.96. The number of rotatable bonds is 5. The molecule has 0 spiro atoms. The van der Waals surface area contributed by atoms with Crippen molar-refractivity contribution >= 4 is 29.5 Å². The van der Waals surface area contributed by atoms with Gasteiger partial charge in [0.1, 0.15) is 0 Å². The van der Waals surface area contributed by atoms with Crippen LogP contribution in [-0.2, 0) is 11.2 Å². The maximum atomic E-state index is 11.8. The smallest absolute Gasteiger partial charge is 0.225 e. The van der Waals surface area contributed by atoms with E-state index in [4.69, 9.17) is 12.2 Å². The van der Waals surface area contributed by atoms with Gasteiger partial charge in [-0.25, -0.2) is 0 Å². The van der Waals surface area contributed by atoms with Crippen LogP contribution in [0.3, 0.4) is 0 Å². The van der Waals surface area contributed by atoms with Crippen molar-refractivity contribution in [3.63, 3.8) is 0 Å². The Hall–Kier alpha value is -0.680. The van der Waals surface area contributed by atoms with Crippen LogP contribution < -0.4 is 5.32 Å². The minimum atomic E-state index is 0.109. The van der Waals surface area contributed by atoms with Gasteiger partial charge in [-0.05, 0) is 43.8 Å². The molecule has 0 bridgehead atoms. The molecule has 0 unspecified atom stereocenters. The molecule has 94 valence electrons. The molecule has 0 radical (unpaired) electrons. The predicted molar refractivity (Wildman–Crippen MR) is 72.9 cm³/mol. The van der Waals surface area contributed by atoms with Gasteiger partial charge in [0.2, 0.25) is 5.91 Å². The van der Waals surface area contributed by atoms with E-state index < -0.39 is 0 Å². The molecule has 5 heteroatoms. The number of hydrogen-bond donors (Lipinski definition) is 2. The standard InChI is InChI=1S/C12H18N2OS2/c1-3-12(4-5-12)7-13-10(15)6-9-8(2)14-11(16)17-9/h3-7H2,1-2H3,(H,13,15)(H,14,16). The third-order valence-corrected chi connectivity index (χ3v) is 4.95. The van der Waals surface area contributed by atoms with Crippen molar-refractivity contribution in [2.24, 2.45) is 5.41 Å². The van der Waals surface area contributed by atoms with Gasteiger partial charge >= 0.3 is 0 Å². The van der Waals surface area contributed by atoms with Crippen LogP contribution in [0, 0.1) is 16.3 Å². The van der Waals surface area contributed by atoms with Gasteiger partial charge in [-0.15, -0.1) is 11.3 Å². The van der Waals surface area contributed by atoms with Crippen molar-refractivity contribution in [1.82, 2.24) is 10.3 Å². The summed E-state index contributed by atoms with van der Waals surface area (Å²) in [5.41, 5.74) is 1.43. The lowest BCUT2D eigenvalue weighted by Gasteiger charge is -2.13. The average molecular weight is 270 g/mol. The zero-order valence-corrected chi connectivity index (χ0v) is 11.9. The number of carbonyl (C=O) groups excluding carboxylic acids is 1. The van der Waals surface area contributed by atoms with Crippen LogP contribution in [0.2, 0.25) is 0 Å². The van der Waals surface area contributed by atoms with Gasteiger partial charge in [-0.2, -0.15) is 0 Å². The monoisotopic (exact) mass is 270 g/mol. The molecule has 2 N–H and O–H groups in total. The Kier molecular flexibility index (Phi) is 3.68. The first-order valence-electron chi connectivity index (χ1n) is 6.00. The Bertz CT molecular complexity index is 471. The van der Waals surface area contributed by atoms with Crippen LogP contribution >= 0.6 is 23.6 Å². The van der Waals surface area contributed by atoms with E-state index in [1.165, 1.54) is 24.2 Å². The number of H-pyrrole nitrogens is 1. The van der Waals surface area contributed by atoms with E-state index in [2.05, 4.69) is 17.2 Å². The number of amides is 1. The highest BCUT2D eigenvalue weighted by Gasteiger charge is 2.40. The molecule has 1 aromatic heterocycles. The van der Waals surface area contributed by atoms with E-state index >= 15 is 0 Å². The fourth-order valence-electron chi connectivity index (χ4n) is 1.93. The largest absolute Gasteiger partial charge is 0.355 e. The van der Waals surface area contributed by atoms with Crippen molar-refractivity contribution < 1.29 is 4.79 Å². The van der Waals surface area contributed by atoms with E-state index in [0.717, 1.165) is 27.5 Å². The number of hydrogen-bond acceptors (Lipinski definition) is 3. The van der Waals surface area contributed by atoms with Crippen LogP contribution in [0.25, 0.3) is 0 Å². The molecule has 1 aliphatic carbocycles.